The molecule has 0 aromatic carbocycles. The van der Waals surface area contributed by atoms with Gasteiger partial charge < -0.3 is 15.3 Å². The second-order valence-electron chi connectivity index (χ2n) is 5.85. The van der Waals surface area contributed by atoms with E-state index in [9.17, 15) is 5.11 Å². The van der Waals surface area contributed by atoms with Crippen LogP contribution in [0, 0.1) is 5.92 Å². The highest BCUT2D eigenvalue weighted by Gasteiger charge is 2.25. The average Bonchev–Trinajstić information content (AvgIpc) is 3.00. The van der Waals surface area contributed by atoms with Crippen molar-refractivity contribution in [1.82, 2.24) is 10.2 Å². The number of aliphatic hydroxyl groups is 1. The summed E-state index contributed by atoms with van der Waals surface area (Å²) in [5.41, 5.74) is 0. The van der Waals surface area contributed by atoms with Crippen LogP contribution >= 0.6 is 0 Å². The third-order valence-electron chi connectivity index (χ3n) is 4.12. The zero-order valence-corrected chi connectivity index (χ0v) is 11.2. The lowest BCUT2D eigenvalue weighted by Gasteiger charge is -2.22. The van der Waals surface area contributed by atoms with Crippen molar-refractivity contribution in [1.29, 1.82) is 0 Å². The number of nitrogens with one attached hydrogen (secondary N) is 1. The summed E-state index contributed by atoms with van der Waals surface area (Å²) in [4.78, 5) is 2.38. The predicted molar refractivity (Wildman–Crippen MR) is 71.1 cm³/mol. The highest BCUT2D eigenvalue weighted by atomic mass is 16.3. The Kier molecular flexibility index (Phi) is 5.26. The van der Waals surface area contributed by atoms with Gasteiger partial charge in [0.25, 0.3) is 0 Å². The predicted octanol–water partition coefficient (Wildman–Crippen LogP) is 1.61. The van der Waals surface area contributed by atoms with Gasteiger partial charge in [-0.1, -0.05) is 19.8 Å². The molecule has 3 nitrogen and oxygen atoms in total. The molecule has 1 aliphatic carbocycles. The highest BCUT2D eigenvalue weighted by molar-refractivity contribution is 4.80. The molecular weight excluding hydrogens is 212 g/mol. The minimum Gasteiger partial charge on any atom is -0.390 e. The largest absolute Gasteiger partial charge is 0.390 e. The van der Waals surface area contributed by atoms with Gasteiger partial charge in [0.2, 0.25) is 0 Å². The lowest BCUT2D eigenvalue weighted by atomic mass is 10.1. The molecule has 1 aliphatic heterocycles. The first kappa shape index (κ1) is 13.3. The standard InChI is InChI=1S/C14H28N2O/c1-2-13(9-12-5-6-12)15-10-14(17)11-16-7-3-4-8-16/h12-15,17H,2-11H2,1H3. The van der Waals surface area contributed by atoms with Gasteiger partial charge in [0.05, 0.1) is 6.10 Å². The van der Waals surface area contributed by atoms with E-state index < -0.39 is 0 Å². The fraction of sp³-hybridized carbons (Fsp3) is 1.00. The Labute approximate surface area is 106 Å². The fourth-order valence-electron chi connectivity index (χ4n) is 2.78. The fourth-order valence-corrected chi connectivity index (χ4v) is 2.78. The molecule has 1 saturated carbocycles. The second-order valence-corrected chi connectivity index (χ2v) is 5.85. The van der Waals surface area contributed by atoms with Crippen molar-refractivity contribution < 1.29 is 5.11 Å². The summed E-state index contributed by atoms with van der Waals surface area (Å²) in [5.74, 6) is 0.975. The minimum atomic E-state index is -0.193. The zero-order valence-electron chi connectivity index (χ0n) is 11.2. The molecule has 1 saturated heterocycles. The Bertz CT molecular complexity index is 212. The summed E-state index contributed by atoms with van der Waals surface area (Å²) in [7, 11) is 0. The lowest BCUT2D eigenvalue weighted by molar-refractivity contribution is 0.119. The van der Waals surface area contributed by atoms with E-state index in [1.165, 1.54) is 51.6 Å². The highest BCUT2D eigenvalue weighted by Crippen LogP contribution is 2.33. The van der Waals surface area contributed by atoms with Crippen molar-refractivity contribution in [2.45, 2.75) is 57.6 Å². The van der Waals surface area contributed by atoms with Gasteiger partial charge in [0.15, 0.2) is 0 Å². The molecule has 2 N–H and O–H groups in total. The Morgan fingerprint density at radius 3 is 2.59 bits per heavy atom. The quantitative estimate of drug-likeness (QED) is 0.676. The maximum atomic E-state index is 10.00. The summed E-state index contributed by atoms with van der Waals surface area (Å²) in [5, 5.41) is 13.5. The molecule has 2 atom stereocenters. The van der Waals surface area contributed by atoms with Crippen LogP contribution in [0.5, 0.6) is 0 Å². The number of rotatable bonds is 8. The zero-order chi connectivity index (χ0) is 12.1. The van der Waals surface area contributed by atoms with Crippen molar-refractivity contribution in [2.24, 2.45) is 5.92 Å². The van der Waals surface area contributed by atoms with E-state index in [1.54, 1.807) is 0 Å². The van der Waals surface area contributed by atoms with Gasteiger partial charge in [-0.25, -0.2) is 0 Å². The molecule has 100 valence electrons. The Morgan fingerprint density at radius 1 is 1.29 bits per heavy atom. The molecular formula is C14H28N2O. The van der Waals surface area contributed by atoms with Crippen molar-refractivity contribution in [3.8, 4) is 0 Å². The molecule has 2 rings (SSSR count). The summed E-state index contributed by atoms with van der Waals surface area (Å²) in [6, 6.07) is 0.621. The van der Waals surface area contributed by atoms with Crippen molar-refractivity contribution >= 4 is 0 Å². The lowest BCUT2D eigenvalue weighted by Crippen LogP contribution is -2.41. The van der Waals surface area contributed by atoms with Crippen molar-refractivity contribution in [2.75, 3.05) is 26.2 Å². The topological polar surface area (TPSA) is 35.5 Å². The third kappa shape index (κ3) is 4.94. The van der Waals surface area contributed by atoms with Crippen LogP contribution < -0.4 is 5.32 Å². The summed E-state index contributed by atoms with van der Waals surface area (Å²) >= 11 is 0. The third-order valence-corrected chi connectivity index (χ3v) is 4.12. The van der Waals surface area contributed by atoms with Gasteiger partial charge in [-0.15, -0.1) is 0 Å². The van der Waals surface area contributed by atoms with Gasteiger partial charge in [-0.3, -0.25) is 0 Å². The molecule has 0 radical (unpaired) electrons. The Balaban J connectivity index is 1.57. The second kappa shape index (κ2) is 6.72. The van der Waals surface area contributed by atoms with Crippen LogP contribution in [0.4, 0.5) is 0 Å². The number of likely N-dealkylation sites (tertiary alicyclic amines) is 1. The van der Waals surface area contributed by atoms with Crippen LogP contribution in [0.15, 0.2) is 0 Å². The maximum absolute atomic E-state index is 10.00. The number of β-amino-alcohol motifs (C(OH)–C–C–N with tert-alkyl or cyclic N) is 1. The first-order valence-electron chi connectivity index (χ1n) is 7.41. The average molecular weight is 240 g/mol. The van der Waals surface area contributed by atoms with Gasteiger partial charge in [-0.05, 0) is 44.7 Å². The first-order valence-corrected chi connectivity index (χ1v) is 7.41. The molecule has 0 amide bonds. The Morgan fingerprint density at radius 2 is 2.00 bits per heavy atom. The Hall–Kier alpha value is -0.120. The van der Waals surface area contributed by atoms with Crippen LogP contribution in [-0.2, 0) is 0 Å². The van der Waals surface area contributed by atoms with Gasteiger partial charge in [0, 0.05) is 19.1 Å². The first-order chi connectivity index (χ1) is 8.28. The van der Waals surface area contributed by atoms with E-state index >= 15 is 0 Å². The van der Waals surface area contributed by atoms with Gasteiger partial charge in [0.1, 0.15) is 0 Å². The van der Waals surface area contributed by atoms with Crippen LogP contribution in [0.1, 0.15) is 45.4 Å². The molecule has 2 aliphatic rings. The van der Waals surface area contributed by atoms with Crippen LogP contribution in [0.25, 0.3) is 0 Å². The van der Waals surface area contributed by atoms with E-state index in [2.05, 4.69) is 17.1 Å². The molecule has 3 heteroatoms. The summed E-state index contributed by atoms with van der Waals surface area (Å²) < 4.78 is 0. The summed E-state index contributed by atoms with van der Waals surface area (Å²) in [6.07, 6.45) is 7.77. The van der Waals surface area contributed by atoms with E-state index in [0.29, 0.717) is 6.04 Å². The molecule has 17 heavy (non-hydrogen) atoms. The molecule has 0 aromatic rings. The monoisotopic (exact) mass is 240 g/mol. The maximum Gasteiger partial charge on any atom is 0.0791 e. The van der Waals surface area contributed by atoms with Crippen molar-refractivity contribution in [3.05, 3.63) is 0 Å². The number of nitrogens with zero attached hydrogens (tertiary/aromatic N) is 1. The molecule has 0 bridgehead atoms. The van der Waals surface area contributed by atoms with Crippen molar-refractivity contribution in [3.63, 3.8) is 0 Å². The van der Waals surface area contributed by atoms with E-state index in [0.717, 1.165) is 19.0 Å². The minimum absolute atomic E-state index is 0.193. The number of hydrogen-bond acceptors (Lipinski definition) is 3. The molecule has 0 spiro atoms. The normalized spacial score (nSPS) is 25.1. The number of hydrogen-bond donors (Lipinski definition) is 2. The van der Waals surface area contributed by atoms with Gasteiger partial charge in [-0.2, -0.15) is 0 Å². The molecule has 0 aromatic heterocycles. The van der Waals surface area contributed by atoms with Gasteiger partial charge >= 0.3 is 0 Å². The molecule has 2 unspecified atom stereocenters. The van der Waals surface area contributed by atoms with Crippen LogP contribution in [0.3, 0.4) is 0 Å². The molecule has 1 heterocycles. The van der Waals surface area contributed by atoms with Crippen LogP contribution in [0.2, 0.25) is 0 Å². The summed E-state index contributed by atoms with van der Waals surface area (Å²) in [6.45, 7) is 6.22. The van der Waals surface area contributed by atoms with E-state index in [4.69, 9.17) is 0 Å². The molecule has 2 fully saturated rings. The van der Waals surface area contributed by atoms with Crippen LogP contribution in [-0.4, -0.2) is 48.3 Å². The SMILES string of the molecule is CCC(CC1CC1)NCC(O)CN1CCCC1. The van der Waals surface area contributed by atoms with E-state index in [1.807, 2.05) is 0 Å². The smallest absolute Gasteiger partial charge is 0.0791 e. The number of aliphatic hydroxyl groups excluding tert-OH is 1. The van der Waals surface area contributed by atoms with E-state index in [-0.39, 0.29) is 6.10 Å².